The van der Waals surface area contributed by atoms with Crippen molar-refractivity contribution in [1.29, 1.82) is 0 Å². The van der Waals surface area contributed by atoms with Crippen LogP contribution in [0.25, 0.3) is 0 Å². The molecule has 1 heterocycles. The van der Waals surface area contributed by atoms with Crippen LogP contribution in [0.15, 0.2) is 33.6 Å². The third-order valence-corrected chi connectivity index (χ3v) is 3.45. The maximum absolute atomic E-state index is 13.0. The first kappa shape index (κ1) is 13.6. The fourth-order valence-corrected chi connectivity index (χ4v) is 2.35. The standard InChI is InChI=1S/C13H10F2O3S/c1-7-4-8(18-12(7)13(16)17)6-19-9-2-3-10(14)11(15)5-9/h2-5H,6H2,1H3,(H,16,17). The normalized spacial score (nSPS) is 10.7. The summed E-state index contributed by atoms with van der Waals surface area (Å²) in [5, 5.41) is 8.84. The van der Waals surface area contributed by atoms with Gasteiger partial charge in [-0.2, -0.15) is 0 Å². The van der Waals surface area contributed by atoms with Crippen LogP contribution in [-0.4, -0.2) is 11.1 Å². The SMILES string of the molecule is Cc1cc(CSc2ccc(F)c(F)c2)oc1C(=O)O. The number of furan rings is 1. The van der Waals surface area contributed by atoms with Gasteiger partial charge in [0.25, 0.3) is 0 Å². The second-order valence-corrected chi connectivity index (χ2v) is 4.94. The van der Waals surface area contributed by atoms with Gasteiger partial charge in [-0.25, -0.2) is 13.6 Å². The average molecular weight is 284 g/mol. The first-order valence-electron chi connectivity index (χ1n) is 5.38. The van der Waals surface area contributed by atoms with Crippen molar-refractivity contribution in [3.63, 3.8) is 0 Å². The predicted molar refractivity (Wildman–Crippen MR) is 66.3 cm³/mol. The molecule has 3 nitrogen and oxygen atoms in total. The van der Waals surface area contributed by atoms with E-state index in [0.29, 0.717) is 22.0 Å². The fraction of sp³-hybridized carbons (Fsp3) is 0.154. The number of carboxylic acid groups (broad SMARTS) is 1. The molecule has 19 heavy (non-hydrogen) atoms. The Morgan fingerprint density at radius 3 is 2.63 bits per heavy atom. The number of carbonyl (C=O) groups is 1. The van der Waals surface area contributed by atoms with Crippen molar-refractivity contribution < 1.29 is 23.1 Å². The molecule has 0 fully saturated rings. The lowest BCUT2D eigenvalue weighted by molar-refractivity contribution is 0.0659. The van der Waals surface area contributed by atoms with E-state index >= 15 is 0 Å². The summed E-state index contributed by atoms with van der Waals surface area (Å²) in [6.45, 7) is 1.64. The molecule has 0 radical (unpaired) electrons. The summed E-state index contributed by atoms with van der Waals surface area (Å²) in [5.41, 5.74) is 0.536. The first-order valence-corrected chi connectivity index (χ1v) is 6.36. The quantitative estimate of drug-likeness (QED) is 0.866. The number of aryl methyl sites for hydroxylation is 1. The van der Waals surface area contributed by atoms with Gasteiger partial charge in [0.1, 0.15) is 5.76 Å². The van der Waals surface area contributed by atoms with Gasteiger partial charge in [0.05, 0.1) is 5.75 Å². The Morgan fingerprint density at radius 1 is 1.32 bits per heavy atom. The van der Waals surface area contributed by atoms with Gasteiger partial charge in [-0.1, -0.05) is 0 Å². The first-order chi connectivity index (χ1) is 8.97. The highest BCUT2D eigenvalue weighted by molar-refractivity contribution is 7.98. The Bertz CT molecular complexity index is 622. The molecule has 0 amide bonds. The predicted octanol–water partition coefficient (Wildman–Crippen LogP) is 3.86. The fourth-order valence-electron chi connectivity index (χ4n) is 1.55. The molecule has 2 rings (SSSR count). The maximum Gasteiger partial charge on any atom is 0.372 e. The van der Waals surface area contributed by atoms with Crippen molar-refractivity contribution in [3.8, 4) is 0 Å². The highest BCUT2D eigenvalue weighted by Crippen LogP contribution is 2.26. The summed E-state index contributed by atoms with van der Waals surface area (Å²) in [6, 6.07) is 5.22. The highest BCUT2D eigenvalue weighted by Gasteiger charge is 2.14. The molecule has 0 bridgehead atoms. The van der Waals surface area contributed by atoms with Crippen molar-refractivity contribution in [2.24, 2.45) is 0 Å². The molecule has 1 N–H and O–H groups in total. The Labute approximate surface area is 112 Å². The van der Waals surface area contributed by atoms with Crippen molar-refractivity contribution in [3.05, 3.63) is 53.0 Å². The smallest absolute Gasteiger partial charge is 0.372 e. The molecule has 6 heteroatoms. The van der Waals surface area contributed by atoms with Crippen LogP contribution in [0, 0.1) is 18.6 Å². The summed E-state index contributed by atoms with van der Waals surface area (Å²) in [5.74, 6) is -2.20. The molecule has 0 aliphatic rings. The number of thioether (sulfide) groups is 1. The van der Waals surface area contributed by atoms with E-state index in [1.165, 1.54) is 17.8 Å². The van der Waals surface area contributed by atoms with E-state index < -0.39 is 17.6 Å². The molecule has 100 valence electrons. The lowest BCUT2D eigenvalue weighted by atomic mass is 10.3. The average Bonchev–Trinajstić information content (AvgIpc) is 2.72. The summed E-state index contributed by atoms with van der Waals surface area (Å²) < 4.78 is 30.9. The zero-order valence-electron chi connectivity index (χ0n) is 9.94. The molecule has 1 aromatic carbocycles. The van der Waals surface area contributed by atoms with Gasteiger partial charge in [0.15, 0.2) is 11.6 Å². The van der Waals surface area contributed by atoms with Crippen LogP contribution in [-0.2, 0) is 5.75 Å². The van der Waals surface area contributed by atoms with E-state index in [9.17, 15) is 13.6 Å². The van der Waals surface area contributed by atoms with E-state index in [4.69, 9.17) is 9.52 Å². The highest BCUT2D eigenvalue weighted by atomic mass is 32.2. The van der Waals surface area contributed by atoms with Crippen molar-refractivity contribution in [2.75, 3.05) is 0 Å². The molecule has 0 aliphatic heterocycles. The maximum atomic E-state index is 13.0. The zero-order chi connectivity index (χ0) is 14.0. The second kappa shape index (κ2) is 5.44. The van der Waals surface area contributed by atoms with Gasteiger partial charge in [0, 0.05) is 10.5 Å². The second-order valence-electron chi connectivity index (χ2n) is 3.89. The zero-order valence-corrected chi connectivity index (χ0v) is 10.8. The van der Waals surface area contributed by atoms with Crippen LogP contribution in [0.2, 0.25) is 0 Å². The van der Waals surface area contributed by atoms with Crippen LogP contribution in [0.4, 0.5) is 8.78 Å². The molecule has 1 aromatic heterocycles. The molecule has 0 saturated carbocycles. The van der Waals surface area contributed by atoms with Crippen LogP contribution in [0.3, 0.4) is 0 Å². The molecular formula is C13H10F2O3S. The van der Waals surface area contributed by atoms with Crippen LogP contribution in [0.5, 0.6) is 0 Å². The van der Waals surface area contributed by atoms with Gasteiger partial charge in [0.2, 0.25) is 5.76 Å². The monoisotopic (exact) mass is 284 g/mol. The molecule has 0 unspecified atom stereocenters. The van der Waals surface area contributed by atoms with Gasteiger partial charge < -0.3 is 9.52 Å². The van der Waals surface area contributed by atoms with E-state index in [1.54, 1.807) is 13.0 Å². The van der Waals surface area contributed by atoms with Crippen LogP contribution >= 0.6 is 11.8 Å². The summed E-state index contributed by atoms with van der Waals surface area (Å²) in [4.78, 5) is 11.3. The van der Waals surface area contributed by atoms with E-state index in [0.717, 1.165) is 12.1 Å². The number of hydrogen-bond acceptors (Lipinski definition) is 3. The number of halogens is 2. The molecule has 2 aromatic rings. The van der Waals surface area contributed by atoms with Gasteiger partial charge >= 0.3 is 5.97 Å². The lowest BCUT2D eigenvalue weighted by Gasteiger charge is -2.00. The van der Waals surface area contributed by atoms with E-state index in [2.05, 4.69) is 0 Å². The lowest BCUT2D eigenvalue weighted by Crippen LogP contribution is -1.94. The molecular weight excluding hydrogens is 274 g/mol. The minimum absolute atomic E-state index is 0.0964. The molecule has 0 spiro atoms. The van der Waals surface area contributed by atoms with Crippen LogP contribution < -0.4 is 0 Å². The number of aromatic carboxylic acids is 1. The summed E-state index contributed by atoms with van der Waals surface area (Å²) in [7, 11) is 0. The minimum Gasteiger partial charge on any atom is -0.475 e. The van der Waals surface area contributed by atoms with Crippen molar-refractivity contribution >= 4 is 17.7 Å². The number of rotatable bonds is 4. The Balaban J connectivity index is 2.08. The van der Waals surface area contributed by atoms with E-state index in [-0.39, 0.29) is 5.76 Å². The Morgan fingerprint density at radius 2 is 2.05 bits per heavy atom. The van der Waals surface area contributed by atoms with Gasteiger partial charge in [-0.05, 0) is 31.2 Å². The minimum atomic E-state index is -1.12. The Hall–Kier alpha value is -1.82. The molecule has 0 aliphatic carbocycles. The Kier molecular flexibility index (Phi) is 3.90. The number of carboxylic acids is 1. The van der Waals surface area contributed by atoms with Crippen LogP contribution in [0.1, 0.15) is 21.9 Å². The van der Waals surface area contributed by atoms with E-state index in [1.807, 2.05) is 0 Å². The van der Waals surface area contributed by atoms with Crippen molar-refractivity contribution in [1.82, 2.24) is 0 Å². The topological polar surface area (TPSA) is 50.4 Å². The van der Waals surface area contributed by atoms with Crippen molar-refractivity contribution in [2.45, 2.75) is 17.6 Å². The van der Waals surface area contributed by atoms with Gasteiger partial charge in [-0.3, -0.25) is 0 Å². The summed E-state index contributed by atoms with van der Waals surface area (Å²) >= 11 is 1.24. The number of hydrogen-bond donors (Lipinski definition) is 1. The molecule has 0 saturated heterocycles. The summed E-state index contributed by atoms with van der Waals surface area (Å²) in [6.07, 6.45) is 0. The molecule has 0 atom stereocenters. The van der Waals surface area contributed by atoms with Gasteiger partial charge in [-0.15, -0.1) is 11.8 Å². The largest absolute Gasteiger partial charge is 0.475 e. The third kappa shape index (κ3) is 3.14. The number of benzene rings is 1. The third-order valence-electron chi connectivity index (χ3n) is 2.44.